The second-order valence-electron chi connectivity index (χ2n) is 7.27. The van der Waals surface area contributed by atoms with E-state index in [-0.39, 0.29) is 11.8 Å². The Hall–Kier alpha value is -4.10. The van der Waals surface area contributed by atoms with Crippen LogP contribution in [0.25, 0.3) is 0 Å². The molecule has 0 bridgehead atoms. The first-order valence-corrected chi connectivity index (χ1v) is 10.2. The number of rotatable bonds is 8. The number of nitrogens with zero attached hydrogens (tertiary/aromatic N) is 1. The fourth-order valence-electron chi connectivity index (χ4n) is 3.32. The molecule has 7 nitrogen and oxygen atoms in total. The van der Waals surface area contributed by atoms with Gasteiger partial charge in [0.15, 0.2) is 0 Å². The summed E-state index contributed by atoms with van der Waals surface area (Å²) in [5, 5.41) is 7.18. The lowest BCUT2D eigenvalue weighted by Crippen LogP contribution is -2.45. The molecule has 6 N–H and O–H groups in total. The predicted octanol–water partition coefficient (Wildman–Crippen LogP) is 3.08. The zero-order valence-electron chi connectivity index (χ0n) is 17.9. The molecule has 32 heavy (non-hydrogen) atoms. The van der Waals surface area contributed by atoms with Crippen molar-refractivity contribution >= 4 is 23.2 Å². The van der Waals surface area contributed by atoms with Crippen molar-refractivity contribution in [1.29, 1.82) is 0 Å². The van der Waals surface area contributed by atoms with Crippen LogP contribution in [0.5, 0.6) is 0 Å². The van der Waals surface area contributed by atoms with Crippen LogP contribution >= 0.6 is 0 Å². The first-order valence-electron chi connectivity index (χ1n) is 10.2. The van der Waals surface area contributed by atoms with E-state index < -0.39 is 6.04 Å². The van der Waals surface area contributed by atoms with Crippen LogP contribution < -0.4 is 27.2 Å². The number of nitrogens with two attached hydrogens (primary N) is 2. The Morgan fingerprint density at radius 1 is 0.969 bits per heavy atom. The molecule has 0 heterocycles. The minimum atomic E-state index is -0.772. The molecule has 0 aliphatic carbocycles. The molecule has 1 unspecified atom stereocenters. The van der Waals surface area contributed by atoms with Gasteiger partial charge >= 0.3 is 0 Å². The van der Waals surface area contributed by atoms with E-state index in [0.717, 1.165) is 11.1 Å². The molecule has 1 atom stereocenters. The van der Waals surface area contributed by atoms with Crippen LogP contribution in [0.2, 0.25) is 0 Å². The van der Waals surface area contributed by atoms with Crippen molar-refractivity contribution in [2.45, 2.75) is 19.4 Å². The Labute approximate surface area is 187 Å². The number of nitrogens with one attached hydrogen (secondary N) is 2. The van der Waals surface area contributed by atoms with Crippen molar-refractivity contribution in [3.05, 3.63) is 108 Å². The number of hydrogen-bond acceptors (Lipinski definition) is 5. The molecule has 0 aromatic heterocycles. The molecule has 0 fully saturated rings. The highest BCUT2D eigenvalue weighted by Gasteiger charge is 2.23. The van der Waals surface area contributed by atoms with Gasteiger partial charge in [-0.3, -0.25) is 14.6 Å². The molecule has 0 aliphatic rings. The summed E-state index contributed by atoms with van der Waals surface area (Å²) < 4.78 is 0. The highest BCUT2D eigenvalue weighted by molar-refractivity contribution is 6.01. The van der Waals surface area contributed by atoms with Gasteiger partial charge in [-0.15, -0.1) is 0 Å². The van der Waals surface area contributed by atoms with Gasteiger partial charge in [0.25, 0.3) is 5.91 Å². The number of hydrogen-bond donors (Lipinski definition) is 4. The predicted molar refractivity (Wildman–Crippen MR) is 128 cm³/mol. The average Bonchev–Trinajstić information content (AvgIpc) is 2.81. The molecule has 0 spiro atoms. The van der Waals surface area contributed by atoms with E-state index in [0.29, 0.717) is 23.4 Å². The van der Waals surface area contributed by atoms with Gasteiger partial charge in [-0.25, -0.2) is 5.84 Å². The Bertz CT molecular complexity index is 1080. The summed E-state index contributed by atoms with van der Waals surface area (Å²) in [7, 11) is 0. The van der Waals surface area contributed by atoms with Crippen molar-refractivity contribution in [3.8, 4) is 0 Å². The second kappa shape index (κ2) is 10.8. The van der Waals surface area contributed by atoms with Crippen molar-refractivity contribution in [1.82, 2.24) is 5.32 Å². The molecule has 0 radical (unpaired) electrons. The number of benzene rings is 3. The average molecular weight is 430 g/mol. The fourth-order valence-corrected chi connectivity index (χ4v) is 3.32. The minimum absolute atomic E-state index is 0.312. The minimum Gasteiger partial charge on any atom is -0.403 e. The lowest BCUT2D eigenvalue weighted by atomic mass is 10.0. The molecule has 2 amide bonds. The zero-order chi connectivity index (χ0) is 22.9. The quantitative estimate of drug-likeness (QED) is 0.325. The molecule has 0 saturated heterocycles. The molecule has 7 heteroatoms. The van der Waals surface area contributed by atoms with E-state index in [1.54, 1.807) is 36.4 Å². The van der Waals surface area contributed by atoms with Crippen molar-refractivity contribution < 1.29 is 9.59 Å². The van der Waals surface area contributed by atoms with Crippen LogP contribution in [0.1, 0.15) is 21.5 Å². The third kappa shape index (κ3) is 5.74. The smallest absolute Gasteiger partial charge is 0.251 e. The highest BCUT2D eigenvalue weighted by Crippen LogP contribution is 2.25. The number of carbonyl (C=O) groups is 2. The van der Waals surface area contributed by atoms with Gasteiger partial charge in [0, 0.05) is 30.1 Å². The first-order chi connectivity index (χ1) is 15.5. The first kappa shape index (κ1) is 22.6. The number of carbonyl (C=O) groups excluding carboxylic acids is 2. The highest BCUT2D eigenvalue weighted by atomic mass is 16.2. The summed E-state index contributed by atoms with van der Waals surface area (Å²) in [6, 6.07) is 23.0. The van der Waals surface area contributed by atoms with Crippen molar-refractivity contribution in [2.24, 2.45) is 11.6 Å². The summed E-state index contributed by atoms with van der Waals surface area (Å²) in [5.41, 5.74) is 8.92. The lowest BCUT2D eigenvalue weighted by molar-refractivity contribution is -0.118. The number of anilines is 2. The molecular formula is C25H27N5O2. The maximum absolute atomic E-state index is 13.2. The van der Waals surface area contributed by atoms with Gasteiger partial charge < -0.3 is 16.4 Å². The van der Waals surface area contributed by atoms with Crippen LogP contribution in [-0.4, -0.2) is 17.9 Å². The van der Waals surface area contributed by atoms with E-state index in [9.17, 15) is 9.59 Å². The normalized spacial score (nSPS) is 11.7. The maximum Gasteiger partial charge on any atom is 0.251 e. The molecule has 0 aliphatic heterocycles. The summed E-state index contributed by atoms with van der Waals surface area (Å²) in [6.07, 6.45) is 3.20. The van der Waals surface area contributed by atoms with E-state index >= 15 is 0 Å². The molecular weight excluding hydrogens is 402 g/mol. The maximum atomic E-state index is 13.2. The van der Waals surface area contributed by atoms with E-state index in [4.69, 9.17) is 11.6 Å². The summed E-state index contributed by atoms with van der Waals surface area (Å²) in [5.74, 6) is 5.36. The molecule has 164 valence electrons. The van der Waals surface area contributed by atoms with Gasteiger partial charge in [0.2, 0.25) is 5.91 Å². The van der Waals surface area contributed by atoms with Crippen LogP contribution in [0, 0.1) is 6.92 Å². The third-order valence-corrected chi connectivity index (χ3v) is 5.03. The third-order valence-electron chi connectivity index (χ3n) is 5.03. The van der Waals surface area contributed by atoms with E-state index in [1.165, 1.54) is 17.4 Å². The molecule has 3 aromatic rings. The Morgan fingerprint density at radius 3 is 2.28 bits per heavy atom. The van der Waals surface area contributed by atoms with Gasteiger partial charge in [0.05, 0.1) is 5.69 Å². The Morgan fingerprint density at radius 2 is 1.62 bits per heavy atom. The SMILES string of the molecule is Cc1c(NC(=O)C(Cc2ccccc2)NC(=O)c2ccccc2)cccc1N(N)/C=C\N. The second-order valence-corrected chi connectivity index (χ2v) is 7.27. The zero-order valence-corrected chi connectivity index (χ0v) is 17.9. The topological polar surface area (TPSA) is 113 Å². The van der Waals surface area contributed by atoms with Crippen LogP contribution in [0.3, 0.4) is 0 Å². The van der Waals surface area contributed by atoms with Crippen LogP contribution in [-0.2, 0) is 11.2 Å². The van der Waals surface area contributed by atoms with Crippen LogP contribution in [0.15, 0.2) is 91.3 Å². The van der Waals surface area contributed by atoms with E-state index in [1.807, 2.05) is 49.4 Å². The summed E-state index contributed by atoms with van der Waals surface area (Å²) >= 11 is 0. The van der Waals surface area contributed by atoms with Gasteiger partial charge in [-0.2, -0.15) is 0 Å². The fraction of sp³-hybridized carbons (Fsp3) is 0.120. The number of hydrazine groups is 1. The summed E-state index contributed by atoms with van der Waals surface area (Å²) in [6.45, 7) is 1.85. The largest absolute Gasteiger partial charge is 0.403 e. The lowest BCUT2D eigenvalue weighted by Gasteiger charge is -2.22. The summed E-state index contributed by atoms with van der Waals surface area (Å²) in [4.78, 5) is 26.0. The standard InChI is InChI=1S/C25H27N5O2/c1-18-21(13-8-14-23(18)30(27)16-15-26)28-25(32)22(17-19-9-4-2-5-10-19)29-24(31)20-11-6-3-7-12-20/h2-16,22H,17,26-27H2,1H3,(H,28,32)(H,29,31)/b16-15-. The monoisotopic (exact) mass is 429 g/mol. The van der Waals surface area contributed by atoms with Gasteiger partial charge in [0.1, 0.15) is 6.04 Å². The molecule has 3 rings (SSSR count). The van der Waals surface area contributed by atoms with Crippen molar-refractivity contribution in [3.63, 3.8) is 0 Å². The number of amides is 2. The molecule has 0 saturated carbocycles. The van der Waals surface area contributed by atoms with Gasteiger partial charge in [-0.1, -0.05) is 54.6 Å². The molecule has 3 aromatic carbocycles. The Balaban J connectivity index is 1.83. The van der Waals surface area contributed by atoms with Crippen LogP contribution in [0.4, 0.5) is 11.4 Å². The van der Waals surface area contributed by atoms with Gasteiger partial charge in [-0.05, 0) is 42.3 Å². The Kier molecular flexibility index (Phi) is 7.61. The van der Waals surface area contributed by atoms with Crippen molar-refractivity contribution in [2.75, 3.05) is 10.3 Å². The van der Waals surface area contributed by atoms with E-state index in [2.05, 4.69) is 10.6 Å².